The van der Waals surface area contributed by atoms with Crippen molar-refractivity contribution in [1.29, 1.82) is 0 Å². The molecule has 0 fully saturated rings. The van der Waals surface area contributed by atoms with Crippen LogP contribution in [0.5, 0.6) is 0 Å². The molecule has 23 heavy (non-hydrogen) atoms. The molecule has 1 heterocycles. The Kier molecular flexibility index (Phi) is 4.60. The average molecular weight is 348 g/mol. The highest BCUT2D eigenvalue weighted by Gasteiger charge is 2.13. The summed E-state index contributed by atoms with van der Waals surface area (Å²) in [4.78, 5) is 16.2. The molecule has 116 valence electrons. The summed E-state index contributed by atoms with van der Waals surface area (Å²) in [7, 11) is 0. The van der Waals surface area contributed by atoms with E-state index in [4.69, 9.17) is 27.7 Å². The van der Waals surface area contributed by atoms with Crippen LogP contribution < -0.4 is 5.32 Å². The number of anilines is 1. The molecule has 1 N–H and O–H groups in total. The summed E-state index contributed by atoms with van der Waals surface area (Å²) in [5.41, 5.74) is 1.28. The topological polar surface area (TPSA) is 68.0 Å². The highest BCUT2D eigenvalue weighted by atomic mass is 35.5. The number of carbonyl (C=O) groups is 1. The van der Waals surface area contributed by atoms with Crippen LogP contribution in [0.15, 0.2) is 53.1 Å². The van der Waals surface area contributed by atoms with E-state index in [1.807, 2.05) is 0 Å². The van der Waals surface area contributed by atoms with Gasteiger partial charge in [-0.25, -0.2) is 0 Å². The van der Waals surface area contributed by atoms with Gasteiger partial charge >= 0.3 is 0 Å². The summed E-state index contributed by atoms with van der Waals surface area (Å²) in [6, 6.07) is 14.0. The predicted molar refractivity (Wildman–Crippen MR) is 88.5 cm³/mol. The Morgan fingerprint density at radius 2 is 1.83 bits per heavy atom. The molecule has 0 atom stereocenters. The summed E-state index contributed by atoms with van der Waals surface area (Å²) in [6.45, 7) is 0. The molecule has 1 amide bonds. The van der Waals surface area contributed by atoms with E-state index in [2.05, 4.69) is 15.5 Å². The van der Waals surface area contributed by atoms with Crippen LogP contribution in [0.1, 0.15) is 5.82 Å². The molecule has 0 spiro atoms. The molecule has 0 saturated heterocycles. The van der Waals surface area contributed by atoms with Gasteiger partial charge in [0.05, 0.1) is 17.1 Å². The van der Waals surface area contributed by atoms with Gasteiger partial charge in [0.1, 0.15) is 0 Å². The van der Waals surface area contributed by atoms with E-state index >= 15 is 0 Å². The molecule has 0 bridgehead atoms. The maximum absolute atomic E-state index is 12.0. The van der Waals surface area contributed by atoms with Gasteiger partial charge in [0.2, 0.25) is 5.91 Å². The Hall–Kier alpha value is -2.37. The van der Waals surface area contributed by atoms with Gasteiger partial charge in [-0.05, 0) is 36.4 Å². The van der Waals surface area contributed by atoms with E-state index in [0.717, 1.165) is 5.56 Å². The lowest BCUT2D eigenvalue weighted by Gasteiger charge is -2.04. The van der Waals surface area contributed by atoms with Crippen LogP contribution in [0.4, 0.5) is 5.69 Å². The number of benzene rings is 2. The van der Waals surface area contributed by atoms with Crippen molar-refractivity contribution in [2.45, 2.75) is 6.42 Å². The largest absolute Gasteiger partial charge is 0.334 e. The van der Waals surface area contributed by atoms with E-state index in [0.29, 0.717) is 27.4 Å². The van der Waals surface area contributed by atoms with Crippen LogP contribution in [0, 0.1) is 0 Å². The minimum atomic E-state index is -0.276. The fourth-order valence-electron chi connectivity index (χ4n) is 1.94. The fraction of sp³-hybridized carbons (Fsp3) is 0.0625. The number of hydrogen-bond donors (Lipinski definition) is 1. The number of halogens is 2. The average Bonchev–Trinajstić information content (AvgIpc) is 2.98. The fourth-order valence-corrected chi connectivity index (χ4v) is 2.25. The predicted octanol–water partition coefficient (Wildman–Crippen LogP) is 4.22. The summed E-state index contributed by atoms with van der Waals surface area (Å²) in [6.07, 6.45) is -0.0116. The maximum atomic E-state index is 12.0. The molecule has 0 aliphatic carbocycles. The third-order valence-electron chi connectivity index (χ3n) is 3.03. The van der Waals surface area contributed by atoms with E-state index in [-0.39, 0.29) is 12.3 Å². The highest BCUT2D eigenvalue weighted by molar-refractivity contribution is 6.33. The Labute approximate surface area is 142 Å². The van der Waals surface area contributed by atoms with Crippen molar-refractivity contribution in [1.82, 2.24) is 10.1 Å². The van der Waals surface area contributed by atoms with E-state index in [1.165, 1.54) is 0 Å². The van der Waals surface area contributed by atoms with Gasteiger partial charge in [-0.15, -0.1) is 0 Å². The zero-order valence-electron chi connectivity index (χ0n) is 11.8. The zero-order chi connectivity index (χ0) is 16.2. The quantitative estimate of drug-likeness (QED) is 0.766. The Morgan fingerprint density at radius 3 is 2.57 bits per heavy atom. The molecule has 2 aromatic carbocycles. The molecule has 7 heteroatoms. The number of para-hydroxylation sites is 1. The summed E-state index contributed by atoms with van der Waals surface area (Å²) >= 11 is 11.8. The van der Waals surface area contributed by atoms with E-state index in [9.17, 15) is 4.79 Å². The lowest BCUT2D eigenvalue weighted by molar-refractivity contribution is -0.115. The zero-order valence-corrected chi connectivity index (χ0v) is 13.3. The molecule has 0 saturated carbocycles. The second kappa shape index (κ2) is 6.81. The van der Waals surface area contributed by atoms with Crippen molar-refractivity contribution in [3.8, 4) is 11.5 Å². The van der Waals surface area contributed by atoms with Crippen LogP contribution >= 0.6 is 23.2 Å². The SMILES string of the molecule is O=C(Cc1noc(-c2ccc(Cl)cc2)n1)Nc1ccccc1Cl. The van der Waals surface area contributed by atoms with Crippen LogP contribution in [0.25, 0.3) is 11.5 Å². The normalized spacial score (nSPS) is 10.5. The van der Waals surface area contributed by atoms with Gasteiger partial charge in [0, 0.05) is 10.6 Å². The summed E-state index contributed by atoms with van der Waals surface area (Å²) < 4.78 is 5.16. The second-order valence-corrected chi connectivity index (χ2v) is 5.57. The van der Waals surface area contributed by atoms with Gasteiger partial charge in [-0.1, -0.05) is 40.5 Å². The molecule has 0 unspecified atom stereocenters. The second-order valence-electron chi connectivity index (χ2n) is 4.73. The summed E-state index contributed by atoms with van der Waals surface area (Å²) in [5, 5.41) is 7.60. The van der Waals surface area contributed by atoms with Crippen molar-refractivity contribution in [2.75, 3.05) is 5.32 Å². The molecule has 3 aromatic rings. The Balaban J connectivity index is 1.68. The molecule has 5 nitrogen and oxygen atoms in total. The van der Waals surface area contributed by atoms with Gasteiger partial charge in [0.15, 0.2) is 5.82 Å². The van der Waals surface area contributed by atoms with Crippen LogP contribution in [-0.4, -0.2) is 16.0 Å². The molecule has 0 aliphatic rings. The number of amides is 1. The van der Waals surface area contributed by atoms with Crippen molar-refractivity contribution in [3.63, 3.8) is 0 Å². The van der Waals surface area contributed by atoms with Crippen molar-refractivity contribution in [2.24, 2.45) is 0 Å². The van der Waals surface area contributed by atoms with Crippen molar-refractivity contribution in [3.05, 3.63) is 64.4 Å². The lowest BCUT2D eigenvalue weighted by atomic mass is 10.2. The highest BCUT2D eigenvalue weighted by Crippen LogP contribution is 2.21. The Morgan fingerprint density at radius 1 is 1.09 bits per heavy atom. The molecule has 0 aliphatic heterocycles. The van der Waals surface area contributed by atoms with E-state index in [1.54, 1.807) is 48.5 Å². The number of hydrogen-bond acceptors (Lipinski definition) is 4. The molecular formula is C16H11Cl2N3O2. The number of rotatable bonds is 4. The maximum Gasteiger partial charge on any atom is 0.257 e. The van der Waals surface area contributed by atoms with Gasteiger partial charge in [0.25, 0.3) is 5.89 Å². The third-order valence-corrected chi connectivity index (χ3v) is 3.61. The standard InChI is InChI=1S/C16H11Cl2N3O2/c17-11-7-5-10(6-8-11)16-20-14(21-23-16)9-15(22)19-13-4-2-1-3-12(13)18/h1-8H,9H2,(H,19,22). The first-order valence-corrected chi connectivity index (χ1v) is 7.50. The third kappa shape index (κ3) is 3.88. The molecule has 0 radical (unpaired) electrons. The lowest BCUT2D eigenvalue weighted by Crippen LogP contribution is -2.15. The molecular weight excluding hydrogens is 337 g/mol. The minimum Gasteiger partial charge on any atom is -0.334 e. The van der Waals surface area contributed by atoms with Crippen LogP contribution in [0.2, 0.25) is 10.0 Å². The first kappa shape index (κ1) is 15.5. The van der Waals surface area contributed by atoms with Crippen LogP contribution in [0.3, 0.4) is 0 Å². The number of nitrogens with one attached hydrogen (secondary N) is 1. The molecule has 3 rings (SSSR count). The Bertz CT molecular complexity index is 831. The van der Waals surface area contributed by atoms with Crippen LogP contribution in [-0.2, 0) is 11.2 Å². The summed E-state index contributed by atoms with van der Waals surface area (Å²) in [5.74, 6) is 0.350. The van der Waals surface area contributed by atoms with Crippen molar-refractivity contribution >= 4 is 34.8 Å². The minimum absolute atomic E-state index is 0.0116. The van der Waals surface area contributed by atoms with Gasteiger partial charge < -0.3 is 9.84 Å². The van der Waals surface area contributed by atoms with Gasteiger partial charge in [-0.2, -0.15) is 4.98 Å². The van der Waals surface area contributed by atoms with E-state index < -0.39 is 0 Å². The first-order valence-electron chi connectivity index (χ1n) is 6.75. The monoisotopic (exact) mass is 347 g/mol. The first-order chi connectivity index (χ1) is 11.1. The molecule has 1 aromatic heterocycles. The number of nitrogens with zero attached hydrogens (tertiary/aromatic N) is 2. The number of carbonyl (C=O) groups excluding carboxylic acids is 1. The van der Waals surface area contributed by atoms with Crippen molar-refractivity contribution < 1.29 is 9.32 Å². The van der Waals surface area contributed by atoms with Gasteiger partial charge in [-0.3, -0.25) is 4.79 Å². The smallest absolute Gasteiger partial charge is 0.257 e. The number of aromatic nitrogens is 2.